The SMILES string of the molecule is C#CCNC(=NCCc1ccco1)NC(C)C.I. The molecular formula is C13H20IN3O. The number of terminal acetylenes is 1. The second-order valence-corrected chi connectivity index (χ2v) is 3.92. The smallest absolute Gasteiger partial charge is 0.192 e. The summed E-state index contributed by atoms with van der Waals surface area (Å²) in [5.41, 5.74) is 0. The van der Waals surface area contributed by atoms with Crippen LogP contribution in [0, 0.1) is 12.3 Å². The zero-order chi connectivity index (χ0) is 12.5. The first kappa shape index (κ1) is 16.8. The van der Waals surface area contributed by atoms with Gasteiger partial charge in [-0.3, -0.25) is 4.99 Å². The van der Waals surface area contributed by atoms with Crippen LogP contribution in [-0.2, 0) is 6.42 Å². The quantitative estimate of drug-likeness (QED) is 0.365. The minimum atomic E-state index is 0. The van der Waals surface area contributed by atoms with Gasteiger partial charge in [0.15, 0.2) is 5.96 Å². The first-order valence-corrected chi connectivity index (χ1v) is 5.73. The highest BCUT2D eigenvalue weighted by atomic mass is 127. The molecule has 0 spiro atoms. The lowest BCUT2D eigenvalue weighted by Crippen LogP contribution is -2.41. The van der Waals surface area contributed by atoms with Crippen molar-refractivity contribution in [3.8, 4) is 12.3 Å². The van der Waals surface area contributed by atoms with Crippen LogP contribution < -0.4 is 10.6 Å². The van der Waals surface area contributed by atoms with Gasteiger partial charge in [0, 0.05) is 19.0 Å². The highest BCUT2D eigenvalue weighted by molar-refractivity contribution is 14.0. The Labute approximate surface area is 126 Å². The first-order chi connectivity index (χ1) is 8.22. The average molecular weight is 361 g/mol. The van der Waals surface area contributed by atoms with Gasteiger partial charge in [-0.2, -0.15) is 0 Å². The number of hydrogen-bond acceptors (Lipinski definition) is 2. The van der Waals surface area contributed by atoms with Gasteiger partial charge in [-0.05, 0) is 26.0 Å². The van der Waals surface area contributed by atoms with E-state index in [-0.39, 0.29) is 24.0 Å². The van der Waals surface area contributed by atoms with E-state index in [9.17, 15) is 0 Å². The summed E-state index contributed by atoms with van der Waals surface area (Å²) in [6.45, 7) is 5.25. The van der Waals surface area contributed by atoms with Crippen molar-refractivity contribution in [1.82, 2.24) is 10.6 Å². The van der Waals surface area contributed by atoms with Gasteiger partial charge in [-0.25, -0.2) is 0 Å². The van der Waals surface area contributed by atoms with Crippen LogP contribution in [0.1, 0.15) is 19.6 Å². The molecule has 0 amide bonds. The van der Waals surface area contributed by atoms with Crippen LogP contribution >= 0.6 is 24.0 Å². The predicted octanol–water partition coefficient (Wildman–Crippen LogP) is 2.02. The van der Waals surface area contributed by atoms with Crippen molar-refractivity contribution in [3.05, 3.63) is 24.2 Å². The summed E-state index contributed by atoms with van der Waals surface area (Å²) in [7, 11) is 0. The third kappa shape index (κ3) is 7.22. The van der Waals surface area contributed by atoms with Crippen molar-refractivity contribution >= 4 is 29.9 Å². The van der Waals surface area contributed by atoms with Crippen molar-refractivity contribution in [1.29, 1.82) is 0 Å². The van der Waals surface area contributed by atoms with Crippen LogP contribution in [0.3, 0.4) is 0 Å². The summed E-state index contributed by atoms with van der Waals surface area (Å²) in [5, 5.41) is 6.26. The number of rotatable bonds is 5. The summed E-state index contributed by atoms with van der Waals surface area (Å²) >= 11 is 0. The fraction of sp³-hybridized carbons (Fsp3) is 0.462. The van der Waals surface area contributed by atoms with Gasteiger partial charge in [0.25, 0.3) is 0 Å². The molecule has 0 aromatic carbocycles. The zero-order valence-electron chi connectivity index (χ0n) is 10.8. The van der Waals surface area contributed by atoms with Crippen molar-refractivity contribution in [2.24, 2.45) is 4.99 Å². The Bertz CT molecular complexity index is 379. The van der Waals surface area contributed by atoms with E-state index in [1.54, 1.807) is 6.26 Å². The Balaban J connectivity index is 0.00000289. The molecule has 1 rings (SSSR count). The van der Waals surface area contributed by atoms with Gasteiger partial charge < -0.3 is 15.1 Å². The minimum absolute atomic E-state index is 0. The summed E-state index contributed by atoms with van der Waals surface area (Å²) in [5.74, 6) is 4.20. The molecule has 18 heavy (non-hydrogen) atoms. The van der Waals surface area contributed by atoms with Gasteiger partial charge in [0.2, 0.25) is 0 Å². The molecule has 0 bridgehead atoms. The molecule has 0 aliphatic carbocycles. The Morgan fingerprint density at radius 3 is 2.89 bits per heavy atom. The Kier molecular flexibility index (Phi) is 9.19. The molecular weight excluding hydrogens is 341 g/mol. The predicted molar refractivity (Wildman–Crippen MR) is 85.2 cm³/mol. The summed E-state index contributed by atoms with van der Waals surface area (Å²) < 4.78 is 5.24. The summed E-state index contributed by atoms with van der Waals surface area (Å²) in [6.07, 6.45) is 7.66. The van der Waals surface area contributed by atoms with Crippen molar-refractivity contribution in [3.63, 3.8) is 0 Å². The highest BCUT2D eigenvalue weighted by Gasteiger charge is 2.00. The van der Waals surface area contributed by atoms with Crippen LogP contribution in [0.2, 0.25) is 0 Å². The maximum atomic E-state index is 5.24. The lowest BCUT2D eigenvalue weighted by Gasteiger charge is -2.13. The van der Waals surface area contributed by atoms with E-state index in [0.717, 1.165) is 18.1 Å². The van der Waals surface area contributed by atoms with Gasteiger partial charge >= 0.3 is 0 Å². The number of guanidine groups is 1. The molecule has 0 atom stereocenters. The lowest BCUT2D eigenvalue weighted by atomic mass is 10.3. The molecule has 0 radical (unpaired) electrons. The molecule has 2 N–H and O–H groups in total. The second-order valence-electron chi connectivity index (χ2n) is 3.92. The van der Waals surface area contributed by atoms with Crippen molar-refractivity contribution < 1.29 is 4.42 Å². The topological polar surface area (TPSA) is 49.6 Å². The monoisotopic (exact) mass is 361 g/mol. The molecule has 0 aliphatic rings. The summed E-state index contributed by atoms with van der Waals surface area (Å²) in [4.78, 5) is 4.42. The van der Waals surface area contributed by atoms with Crippen LogP contribution in [0.5, 0.6) is 0 Å². The third-order valence-corrected chi connectivity index (χ3v) is 1.99. The van der Waals surface area contributed by atoms with E-state index < -0.39 is 0 Å². The highest BCUT2D eigenvalue weighted by Crippen LogP contribution is 2.00. The molecule has 0 aliphatic heterocycles. The van der Waals surface area contributed by atoms with Gasteiger partial charge in [-0.1, -0.05) is 5.92 Å². The molecule has 4 nitrogen and oxygen atoms in total. The van der Waals surface area contributed by atoms with E-state index in [1.165, 1.54) is 0 Å². The Hall–Kier alpha value is -1.16. The van der Waals surface area contributed by atoms with E-state index in [0.29, 0.717) is 19.1 Å². The van der Waals surface area contributed by atoms with E-state index in [1.807, 2.05) is 12.1 Å². The van der Waals surface area contributed by atoms with Gasteiger partial charge in [-0.15, -0.1) is 30.4 Å². The minimum Gasteiger partial charge on any atom is -0.469 e. The fourth-order valence-corrected chi connectivity index (χ4v) is 1.29. The second kappa shape index (κ2) is 9.83. The van der Waals surface area contributed by atoms with Gasteiger partial charge in [0.1, 0.15) is 5.76 Å². The molecule has 0 fully saturated rings. The lowest BCUT2D eigenvalue weighted by molar-refractivity contribution is 0.510. The molecule has 0 saturated heterocycles. The van der Waals surface area contributed by atoms with Crippen LogP contribution in [0.4, 0.5) is 0 Å². The molecule has 1 heterocycles. The zero-order valence-corrected chi connectivity index (χ0v) is 13.1. The number of hydrogen-bond donors (Lipinski definition) is 2. The van der Waals surface area contributed by atoms with Crippen LogP contribution in [0.25, 0.3) is 0 Å². The van der Waals surface area contributed by atoms with E-state index >= 15 is 0 Å². The van der Waals surface area contributed by atoms with Crippen molar-refractivity contribution in [2.75, 3.05) is 13.1 Å². The molecule has 100 valence electrons. The van der Waals surface area contributed by atoms with E-state index in [2.05, 4.69) is 35.4 Å². The molecule has 0 saturated carbocycles. The van der Waals surface area contributed by atoms with Gasteiger partial charge in [0.05, 0.1) is 12.8 Å². The number of nitrogens with zero attached hydrogens (tertiary/aromatic N) is 1. The Morgan fingerprint density at radius 2 is 2.33 bits per heavy atom. The maximum absolute atomic E-state index is 5.24. The normalized spacial score (nSPS) is 10.7. The number of halogens is 1. The molecule has 0 unspecified atom stereocenters. The largest absolute Gasteiger partial charge is 0.469 e. The third-order valence-electron chi connectivity index (χ3n) is 1.99. The Morgan fingerprint density at radius 1 is 1.56 bits per heavy atom. The number of nitrogens with one attached hydrogen (secondary N) is 2. The van der Waals surface area contributed by atoms with Crippen LogP contribution in [0.15, 0.2) is 27.8 Å². The first-order valence-electron chi connectivity index (χ1n) is 5.73. The maximum Gasteiger partial charge on any atom is 0.192 e. The molecule has 1 aromatic heterocycles. The number of aliphatic imine (C=N–C) groups is 1. The molecule has 5 heteroatoms. The standard InChI is InChI=1S/C13H19N3O.HI/c1-4-8-14-13(16-11(2)3)15-9-7-12-6-5-10-17-12;/h1,5-6,10-11H,7-9H2,2-3H3,(H2,14,15,16);1H. The average Bonchev–Trinajstić information content (AvgIpc) is 2.78. The number of furan rings is 1. The summed E-state index contributed by atoms with van der Waals surface area (Å²) in [6, 6.07) is 4.14. The van der Waals surface area contributed by atoms with E-state index in [4.69, 9.17) is 10.8 Å². The van der Waals surface area contributed by atoms with Crippen molar-refractivity contribution in [2.45, 2.75) is 26.3 Å². The fourth-order valence-electron chi connectivity index (χ4n) is 1.29. The van der Waals surface area contributed by atoms with Crippen LogP contribution in [-0.4, -0.2) is 25.1 Å². The molecule has 1 aromatic rings.